The number of hydrogen-bond acceptors (Lipinski definition) is 3. The molecule has 0 spiro atoms. The van der Waals surface area contributed by atoms with Crippen LogP contribution >= 0.6 is 0 Å². The normalized spacial score (nSPS) is 12.6. The summed E-state index contributed by atoms with van der Waals surface area (Å²) in [5.41, 5.74) is 4.24. The van der Waals surface area contributed by atoms with Crippen molar-refractivity contribution in [1.82, 2.24) is 9.55 Å². The minimum absolute atomic E-state index is 0.536. The standard InChI is InChI=1S/C17H18N2O2/c1-11-8-12(2)16(13(3)9-11)17(20)14-4-5-15(21-14)19-7-6-18-10-19/h4-10,17,20H,1-3H3. The highest BCUT2D eigenvalue weighted by Crippen LogP contribution is 2.30. The summed E-state index contributed by atoms with van der Waals surface area (Å²) in [5, 5.41) is 10.6. The molecule has 2 aromatic heterocycles. The van der Waals surface area contributed by atoms with Crippen molar-refractivity contribution in [3.8, 4) is 5.88 Å². The zero-order valence-corrected chi connectivity index (χ0v) is 12.4. The van der Waals surface area contributed by atoms with Crippen molar-refractivity contribution in [2.75, 3.05) is 0 Å². The van der Waals surface area contributed by atoms with Gasteiger partial charge in [0.1, 0.15) is 18.2 Å². The quantitative estimate of drug-likeness (QED) is 0.800. The second-order valence-corrected chi connectivity index (χ2v) is 5.36. The van der Waals surface area contributed by atoms with Crippen LogP contribution in [0.4, 0.5) is 0 Å². The minimum atomic E-state index is -0.761. The number of hydrogen-bond donors (Lipinski definition) is 1. The topological polar surface area (TPSA) is 51.2 Å². The summed E-state index contributed by atoms with van der Waals surface area (Å²) in [6, 6.07) is 7.79. The van der Waals surface area contributed by atoms with E-state index in [4.69, 9.17) is 4.42 Å². The third kappa shape index (κ3) is 2.50. The molecule has 21 heavy (non-hydrogen) atoms. The van der Waals surface area contributed by atoms with Crippen molar-refractivity contribution in [3.63, 3.8) is 0 Å². The van der Waals surface area contributed by atoms with Crippen molar-refractivity contribution in [1.29, 1.82) is 0 Å². The van der Waals surface area contributed by atoms with E-state index in [9.17, 15) is 5.11 Å². The van der Waals surface area contributed by atoms with Gasteiger partial charge >= 0.3 is 0 Å². The van der Waals surface area contributed by atoms with Gasteiger partial charge < -0.3 is 9.52 Å². The minimum Gasteiger partial charge on any atom is -0.442 e. The van der Waals surface area contributed by atoms with Gasteiger partial charge in [0.05, 0.1) is 0 Å². The molecule has 1 N–H and O–H groups in total. The third-order valence-electron chi connectivity index (χ3n) is 3.65. The Hall–Kier alpha value is -2.33. The SMILES string of the molecule is Cc1cc(C)c(C(O)c2ccc(-n3ccnc3)o2)c(C)c1. The highest BCUT2D eigenvalue weighted by atomic mass is 16.4. The lowest BCUT2D eigenvalue weighted by atomic mass is 9.94. The Bertz CT molecular complexity index is 734. The van der Waals surface area contributed by atoms with E-state index >= 15 is 0 Å². The van der Waals surface area contributed by atoms with Crippen molar-refractivity contribution in [2.45, 2.75) is 26.9 Å². The van der Waals surface area contributed by atoms with E-state index in [1.54, 1.807) is 29.4 Å². The van der Waals surface area contributed by atoms with Crippen molar-refractivity contribution in [3.05, 3.63) is 71.0 Å². The average molecular weight is 282 g/mol. The molecular formula is C17H18N2O2. The van der Waals surface area contributed by atoms with Gasteiger partial charge in [-0.25, -0.2) is 4.98 Å². The van der Waals surface area contributed by atoms with Crippen LogP contribution in [-0.4, -0.2) is 14.7 Å². The average Bonchev–Trinajstić information content (AvgIpc) is 3.08. The van der Waals surface area contributed by atoms with Crippen LogP contribution in [0.2, 0.25) is 0 Å². The van der Waals surface area contributed by atoms with Gasteiger partial charge in [-0.05, 0) is 43.5 Å². The Balaban J connectivity index is 1.98. The number of aromatic nitrogens is 2. The maximum atomic E-state index is 10.6. The van der Waals surface area contributed by atoms with Crippen molar-refractivity contribution >= 4 is 0 Å². The smallest absolute Gasteiger partial charge is 0.205 e. The summed E-state index contributed by atoms with van der Waals surface area (Å²) in [7, 11) is 0. The molecule has 1 atom stereocenters. The Morgan fingerprint density at radius 3 is 2.48 bits per heavy atom. The molecule has 0 radical (unpaired) electrons. The van der Waals surface area contributed by atoms with Crippen LogP contribution in [0.5, 0.6) is 0 Å². The molecule has 0 saturated heterocycles. The molecule has 0 saturated carbocycles. The largest absolute Gasteiger partial charge is 0.442 e. The molecule has 4 nitrogen and oxygen atoms in total. The number of benzene rings is 1. The summed E-state index contributed by atoms with van der Waals surface area (Å²) >= 11 is 0. The third-order valence-corrected chi connectivity index (χ3v) is 3.65. The van der Waals surface area contributed by atoms with Gasteiger partial charge in [-0.3, -0.25) is 4.57 Å². The first-order valence-electron chi connectivity index (χ1n) is 6.90. The molecule has 4 heteroatoms. The predicted molar refractivity (Wildman–Crippen MR) is 80.5 cm³/mol. The van der Waals surface area contributed by atoms with Crippen molar-refractivity contribution in [2.24, 2.45) is 0 Å². The summed E-state index contributed by atoms with van der Waals surface area (Å²) in [4.78, 5) is 3.99. The molecule has 0 aliphatic heterocycles. The van der Waals surface area contributed by atoms with Crippen LogP contribution < -0.4 is 0 Å². The van der Waals surface area contributed by atoms with E-state index in [-0.39, 0.29) is 0 Å². The molecule has 0 aliphatic carbocycles. The zero-order valence-electron chi connectivity index (χ0n) is 12.4. The fourth-order valence-corrected chi connectivity index (χ4v) is 2.78. The van der Waals surface area contributed by atoms with Gasteiger partial charge in [-0.2, -0.15) is 0 Å². The Kier molecular flexibility index (Phi) is 3.39. The Morgan fingerprint density at radius 1 is 1.14 bits per heavy atom. The van der Waals surface area contributed by atoms with Crippen molar-refractivity contribution < 1.29 is 9.52 Å². The van der Waals surface area contributed by atoms with Gasteiger partial charge in [-0.15, -0.1) is 0 Å². The molecular weight excluding hydrogens is 264 g/mol. The molecule has 1 aromatic carbocycles. The summed E-state index contributed by atoms with van der Waals surface area (Å²) in [5.74, 6) is 1.18. The van der Waals surface area contributed by atoms with Gasteiger partial charge in [0, 0.05) is 18.5 Å². The molecule has 0 fully saturated rings. The molecule has 3 rings (SSSR count). The molecule has 2 heterocycles. The highest BCUT2D eigenvalue weighted by molar-refractivity contribution is 5.42. The summed E-state index contributed by atoms with van der Waals surface area (Å²) in [6.45, 7) is 6.08. The molecule has 1 unspecified atom stereocenters. The number of aliphatic hydroxyl groups is 1. The molecule has 3 aromatic rings. The first-order chi connectivity index (χ1) is 10.1. The summed E-state index contributed by atoms with van der Waals surface area (Å²) in [6.07, 6.45) is 4.39. The lowest BCUT2D eigenvalue weighted by Crippen LogP contribution is -2.04. The van der Waals surface area contributed by atoms with Crippen LogP contribution in [0.25, 0.3) is 5.88 Å². The maximum absolute atomic E-state index is 10.6. The van der Waals surface area contributed by atoms with E-state index in [2.05, 4.69) is 24.0 Å². The lowest BCUT2D eigenvalue weighted by Gasteiger charge is -2.15. The van der Waals surface area contributed by atoms with Crippen LogP contribution in [0.1, 0.15) is 34.1 Å². The van der Waals surface area contributed by atoms with E-state index in [1.165, 1.54) is 5.56 Å². The highest BCUT2D eigenvalue weighted by Gasteiger charge is 2.19. The van der Waals surface area contributed by atoms with E-state index < -0.39 is 6.10 Å². The Labute approximate surface area is 123 Å². The zero-order chi connectivity index (χ0) is 15.0. The van der Waals surface area contributed by atoms with Gasteiger partial charge in [0.25, 0.3) is 0 Å². The number of aliphatic hydroxyl groups excluding tert-OH is 1. The van der Waals surface area contributed by atoms with E-state index in [0.29, 0.717) is 11.6 Å². The number of rotatable bonds is 3. The number of furan rings is 1. The van der Waals surface area contributed by atoms with Crippen LogP contribution in [0.3, 0.4) is 0 Å². The van der Waals surface area contributed by atoms with Gasteiger partial charge in [0.15, 0.2) is 0 Å². The number of aryl methyl sites for hydroxylation is 3. The van der Waals surface area contributed by atoms with E-state index in [0.717, 1.165) is 16.7 Å². The van der Waals surface area contributed by atoms with Crippen LogP contribution in [0, 0.1) is 20.8 Å². The number of imidazole rings is 1. The number of nitrogens with zero attached hydrogens (tertiary/aromatic N) is 2. The molecule has 0 aliphatic rings. The monoisotopic (exact) mass is 282 g/mol. The lowest BCUT2D eigenvalue weighted by molar-refractivity contribution is 0.187. The first-order valence-corrected chi connectivity index (χ1v) is 6.90. The molecule has 108 valence electrons. The second kappa shape index (κ2) is 5.22. The predicted octanol–water partition coefficient (Wildman–Crippen LogP) is 3.47. The van der Waals surface area contributed by atoms with Crippen LogP contribution in [0.15, 0.2) is 47.4 Å². The fourth-order valence-electron chi connectivity index (χ4n) is 2.78. The van der Waals surface area contributed by atoms with Gasteiger partial charge in [0.2, 0.25) is 5.88 Å². The van der Waals surface area contributed by atoms with Gasteiger partial charge in [-0.1, -0.05) is 17.7 Å². The first kappa shape index (κ1) is 13.6. The molecule has 0 amide bonds. The van der Waals surface area contributed by atoms with Crippen LogP contribution in [-0.2, 0) is 0 Å². The Morgan fingerprint density at radius 2 is 1.86 bits per heavy atom. The molecule has 0 bridgehead atoms. The summed E-state index contributed by atoms with van der Waals surface area (Å²) < 4.78 is 7.53. The van der Waals surface area contributed by atoms with E-state index in [1.807, 2.05) is 19.9 Å². The second-order valence-electron chi connectivity index (χ2n) is 5.36. The maximum Gasteiger partial charge on any atom is 0.205 e. The fraction of sp³-hybridized carbons (Fsp3) is 0.235.